The van der Waals surface area contributed by atoms with Gasteiger partial charge in [-0.2, -0.15) is 0 Å². The highest BCUT2D eigenvalue weighted by Gasteiger charge is 2.62. The van der Waals surface area contributed by atoms with Crippen molar-refractivity contribution in [2.24, 2.45) is 0 Å². The summed E-state index contributed by atoms with van der Waals surface area (Å²) in [5.74, 6) is 0. The summed E-state index contributed by atoms with van der Waals surface area (Å²) in [4.78, 5) is 0. The van der Waals surface area contributed by atoms with E-state index in [1.54, 1.807) is 64.0 Å². The van der Waals surface area contributed by atoms with E-state index < -0.39 is 86.3 Å². The molecule has 3 fully saturated rings. The van der Waals surface area contributed by atoms with Crippen molar-refractivity contribution in [1.82, 2.24) is 0 Å². The monoisotopic (exact) mass is 1190 g/mol. The minimum atomic E-state index is -4.07. The first-order valence-electron chi connectivity index (χ1n) is 24.5. The predicted octanol–water partition coefficient (Wildman–Crippen LogP) is 6.99. The molecule has 3 heterocycles. The largest absolute Gasteiger partial charge is 0.486 e. The molecule has 11 atom stereocenters. The minimum Gasteiger partial charge on any atom is -0.415 e. The number of epoxide rings is 3. The Bertz CT molecular complexity index is 1710. The van der Waals surface area contributed by atoms with E-state index >= 15 is 0 Å². The van der Waals surface area contributed by atoms with Crippen LogP contribution in [-0.4, -0.2) is 200 Å². The van der Waals surface area contributed by atoms with Crippen LogP contribution in [0.1, 0.15) is 19.3 Å². The molecule has 0 aromatic rings. The van der Waals surface area contributed by atoms with Crippen LogP contribution in [0.5, 0.6) is 0 Å². The standard InChI is InChI=1S/C42H90O20Si10/c1-20-65(15,44-7)56-66(16,21-2)57-67(17,22-3)58-68(18,23-4)59-69(19,24-5)60-71(46-9,32-26-29-49-35-41-38-52-41)62-72(47-10,33-27-30-50-36-42-39-53-42)61-70(45-8,31-25-28-48-34-40-37-51-40)55-64(13,14)54-63(11,12)43-6/h20-24,40-42H,1-5,25-39H2,6-19H3. The minimum absolute atomic E-state index is 0.0818. The van der Waals surface area contributed by atoms with E-state index in [4.69, 9.17) is 87.6 Å². The lowest BCUT2D eigenvalue weighted by Gasteiger charge is -2.46. The summed E-state index contributed by atoms with van der Waals surface area (Å²) < 4.78 is 129. The highest BCUT2D eigenvalue weighted by molar-refractivity contribution is 6.96. The maximum absolute atomic E-state index is 7.48. The van der Waals surface area contributed by atoms with Crippen molar-refractivity contribution >= 4 is 86.3 Å². The van der Waals surface area contributed by atoms with E-state index in [1.807, 2.05) is 58.9 Å². The highest BCUT2D eigenvalue weighted by atomic mass is 28.5. The first-order valence-corrected chi connectivity index (χ1v) is 47.9. The average molecular weight is 1200 g/mol. The number of hydrogen-bond acceptors (Lipinski definition) is 20. The quantitative estimate of drug-likeness (QED) is 0.0343. The molecule has 0 aromatic carbocycles. The zero-order valence-electron chi connectivity index (χ0n) is 45.9. The first kappa shape index (κ1) is 66.3. The molecular weight excluding hydrogens is 1110 g/mol. The second-order valence-electron chi connectivity index (χ2n) is 19.3. The van der Waals surface area contributed by atoms with Gasteiger partial charge in [0, 0.05) is 73.5 Å². The third kappa shape index (κ3) is 23.2. The van der Waals surface area contributed by atoms with Crippen LogP contribution in [0.3, 0.4) is 0 Å². The van der Waals surface area contributed by atoms with Crippen molar-refractivity contribution in [2.45, 2.75) is 115 Å². The predicted molar refractivity (Wildman–Crippen MR) is 296 cm³/mol. The summed E-state index contributed by atoms with van der Waals surface area (Å²) in [6.07, 6.45) is 1.77. The molecule has 30 heteroatoms. The molecule has 3 aliphatic heterocycles. The van der Waals surface area contributed by atoms with E-state index in [0.29, 0.717) is 84.8 Å². The molecule has 0 aromatic heterocycles. The van der Waals surface area contributed by atoms with Gasteiger partial charge in [-0.15, -0.1) is 32.9 Å². The SMILES string of the molecule is C=C[Si](C)(OC)O[Si](C)(C=C)O[Si](C)(C=C)O[Si](C)(C=C)O[Si](C)(C=C)O[Si](CCCOCC1CO1)(OC)O[Si](CCCOCC1CO1)(OC)O[Si](CCCOCC1CO1)(OC)O[Si](C)(C)O[Si](C)(C)OC. The molecule has 11 unspecified atom stereocenters. The molecule has 0 amide bonds. The van der Waals surface area contributed by atoms with Crippen LogP contribution in [-0.2, 0) is 87.6 Å². The van der Waals surface area contributed by atoms with Gasteiger partial charge in [-0.3, -0.25) is 0 Å². The van der Waals surface area contributed by atoms with Crippen LogP contribution >= 0.6 is 0 Å². The molecule has 0 aliphatic carbocycles. The van der Waals surface area contributed by atoms with Crippen molar-refractivity contribution in [3.8, 4) is 0 Å². The fourth-order valence-electron chi connectivity index (χ4n) is 7.24. The van der Waals surface area contributed by atoms with E-state index in [-0.39, 0.29) is 30.4 Å². The molecule has 0 N–H and O–H groups in total. The van der Waals surface area contributed by atoms with E-state index in [9.17, 15) is 0 Å². The fourth-order valence-corrected chi connectivity index (χ4v) is 49.1. The third-order valence-electron chi connectivity index (χ3n) is 11.6. The van der Waals surface area contributed by atoms with Gasteiger partial charge in [0.15, 0.2) is 0 Å². The van der Waals surface area contributed by atoms with Crippen LogP contribution in [0.2, 0.25) is 77.1 Å². The Morgan fingerprint density at radius 1 is 0.361 bits per heavy atom. The number of ether oxygens (including phenoxy) is 6. The van der Waals surface area contributed by atoms with Crippen molar-refractivity contribution in [2.75, 3.05) is 95.0 Å². The molecule has 20 nitrogen and oxygen atoms in total. The Balaban J connectivity index is 2.13. The van der Waals surface area contributed by atoms with Crippen LogP contribution in [0.25, 0.3) is 0 Å². The van der Waals surface area contributed by atoms with Gasteiger partial charge in [0.05, 0.1) is 39.6 Å². The van der Waals surface area contributed by atoms with Crippen LogP contribution < -0.4 is 0 Å². The third-order valence-corrected chi connectivity index (χ3v) is 49.8. The Labute approximate surface area is 442 Å². The van der Waals surface area contributed by atoms with Crippen molar-refractivity contribution in [3.63, 3.8) is 0 Å². The summed E-state index contributed by atoms with van der Waals surface area (Å²) in [5.41, 5.74) is 8.44. The summed E-state index contributed by atoms with van der Waals surface area (Å²) in [6, 6.07) is 0.880. The lowest BCUT2D eigenvalue weighted by atomic mass is 10.5. The van der Waals surface area contributed by atoms with Gasteiger partial charge in [-0.25, -0.2) is 0 Å². The smallest absolute Gasteiger partial charge is 0.415 e. The maximum atomic E-state index is 7.48. The van der Waals surface area contributed by atoms with Crippen LogP contribution in [0, 0.1) is 0 Å². The summed E-state index contributed by atoms with van der Waals surface area (Å²) in [6.45, 7) is 42.4. The van der Waals surface area contributed by atoms with Crippen LogP contribution in [0.4, 0.5) is 0 Å². The van der Waals surface area contributed by atoms with Gasteiger partial charge in [-0.05, 0) is 78.2 Å². The second kappa shape index (κ2) is 29.3. The Kier molecular flexibility index (Phi) is 27.0. The molecule has 3 aliphatic rings. The molecule has 0 radical (unpaired) electrons. The maximum Gasteiger partial charge on any atom is 0.486 e. The van der Waals surface area contributed by atoms with Crippen LogP contribution in [0.15, 0.2) is 61.4 Å². The van der Waals surface area contributed by atoms with E-state index in [2.05, 4.69) is 32.9 Å². The molecule has 72 heavy (non-hydrogen) atoms. The van der Waals surface area contributed by atoms with Gasteiger partial charge in [-0.1, -0.05) is 28.5 Å². The first-order chi connectivity index (χ1) is 33.7. The lowest BCUT2D eigenvalue weighted by Crippen LogP contribution is -2.68. The normalized spacial score (nSPS) is 24.6. The van der Waals surface area contributed by atoms with Crippen molar-refractivity contribution in [3.05, 3.63) is 61.4 Å². The molecular formula is C42H90O20Si10. The second-order valence-corrected chi connectivity index (χ2v) is 52.1. The number of hydrogen-bond donors (Lipinski definition) is 0. The van der Waals surface area contributed by atoms with Gasteiger partial charge in [0.2, 0.25) is 0 Å². The molecule has 418 valence electrons. The van der Waals surface area contributed by atoms with Crippen molar-refractivity contribution < 1.29 is 87.6 Å². The van der Waals surface area contributed by atoms with E-state index in [0.717, 1.165) is 0 Å². The fraction of sp³-hybridized carbons (Fsp3) is 0.762. The Morgan fingerprint density at radius 2 is 0.653 bits per heavy atom. The zero-order valence-corrected chi connectivity index (χ0v) is 55.9. The Morgan fingerprint density at radius 3 is 0.931 bits per heavy atom. The van der Waals surface area contributed by atoms with E-state index in [1.165, 1.54) is 0 Å². The zero-order chi connectivity index (χ0) is 54.0. The molecule has 3 saturated heterocycles. The topological polar surface area (TPSA) is 194 Å². The molecule has 0 bridgehead atoms. The van der Waals surface area contributed by atoms with Gasteiger partial charge < -0.3 is 87.6 Å². The van der Waals surface area contributed by atoms with Crippen molar-refractivity contribution in [1.29, 1.82) is 0 Å². The summed E-state index contributed by atoms with van der Waals surface area (Å²) >= 11 is 0. The Hall–Kier alpha value is 0.0688. The number of rotatable bonds is 46. The summed E-state index contributed by atoms with van der Waals surface area (Å²) in [5, 5.41) is 0. The lowest BCUT2D eigenvalue weighted by molar-refractivity contribution is 0.0734. The van der Waals surface area contributed by atoms with Gasteiger partial charge in [0.1, 0.15) is 18.3 Å². The van der Waals surface area contributed by atoms with Gasteiger partial charge >= 0.3 is 86.3 Å². The molecule has 3 rings (SSSR count). The molecule has 0 spiro atoms. The summed E-state index contributed by atoms with van der Waals surface area (Å²) in [7, 11) is -26.2. The van der Waals surface area contributed by atoms with Gasteiger partial charge in [0.25, 0.3) is 0 Å². The average Bonchev–Trinajstić information content (AvgIpc) is 4.17. The highest BCUT2D eigenvalue weighted by Crippen LogP contribution is 2.37. The molecule has 0 saturated carbocycles.